The van der Waals surface area contributed by atoms with Gasteiger partial charge in [-0.25, -0.2) is 0 Å². The van der Waals surface area contributed by atoms with Gasteiger partial charge >= 0.3 is 0 Å². The number of benzene rings is 1. The Kier molecular flexibility index (Phi) is 5.57. The normalized spacial score (nSPS) is 13.5. The van der Waals surface area contributed by atoms with Crippen molar-refractivity contribution in [3.8, 4) is 11.3 Å². The lowest BCUT2D eigenvalue weighted by atomic mass is 10.0. The van der Waals surface area contributed by atoms with Crippen LogP contribution < -0.4 is 10.2 Å². The van der Waals surface area contributed by atoms with Gasteiger partial charge in [0.05, 0.1) is 5.69 Å². The standard InChI is InChI=1S/C24H24N4O2/c1-16-5-8-22(26-13-16)19-10-20(12-21(11-19)28-9-3-4-23(28)29)24(30)27-15-18-7-6-17(2)25-14-18/h5-8,10-14H,3-4,9,15H2,1-2H3,(H,27,30). The van der Waals surface area contributed by atoms with E-state index >= 15 is 0 Å². The molecule has 2 aromatic heterocycles. The third-order valence-electron chi connectivity index (χ3n) is 5.20. The molecule has 0 atom stereocenters. The average molecular weight is 400 g/mol. The van der Waals surface area contributed by atoms with Crippen molar-refractivity contribution in [1.82, 2.24) is 15.3 Å². The quantitative estimate of drug-likeness (QED) is 0.707. The second-order valence-electron chi connectivity index (χ2n) is 7.63. The number of rotatable bonds is 5. The summed E-state index contributed by atoms with van der Waals surface area (Å²) in [6.07, 6.45) is 4.92. The van der Waals surface area contributed by atoms with E-state index in [-0.39, 0.29) is 11.8 Å². The Balaban J connectivity index is 1.64. The number of aromatic nitrogens is 2. The van der Waals surface area contributed by atoms with Crippen LogP contribution in [0.25, 0.3) is 11.3 Å². The molecule has 2 amide bonds. The van der Waals surface area contributed by atoms with E-state index < -0.39 is 0 Å². The number of nitrogens with one attached hydrogen (secondary N) is 1. The topological polar surface area (TPSA) is 75.2 Å². The second-order valence-corrected chi connectivity index (χ2v) is 7.63. The SMILES string of the molecule is Cc1ccc(-c2cc(C(=O)NCc3ccc(C)nc3)cc(N3CCCC3=O)c2)nc1. The average Bonchev–Trinajstić information content (AvgIpc) is 3.19. The lowest BCUT2D eigenvalue weighted by Gasteiger charge is -2.18. The number of amides is 2. The molecule has 0 radical (unpaired) electrons. The van der Waals surface area contributed by atoms with Gasteiger partial charge in [0.15, 0.2) is 0 Å². The molecule has 152 valence electrons. The van der Waals surface area contributed by atoms with Crippen LogP contribution >= 0.6 is 0 Å². The van der Waals surface area contributed by atoms with E-state index in [9.17, 15) is 9.59 Å². The van der Waals surface area contributed by atoms with Gasteiger partial charge < -0.3 is 10.2 Å². The monoisotopic (exact) mass is 400 g/mol. The van der Waals surface area contributed by atoms with Crippen LogP contribution in [-0.4, -0.2) is 28.3 Å². The molecule has 1 aromatic carbocycles. The first-order valence-corrected chi connectivity index (χ1v) is 10.1. The Hall–Kier alpha value is -3.54. The Labute approximate surface area is 176 Å². The summed E-state index contributed by atoms with van der Waals surface area (Å²) in [5.41, 5.74) is 5.75. The number of anilines is 1. The number of aryl methyl sites for hydroxylation is 2. The summed E-state index contributed by atoms with van der Waals surface area (Å²) in [6, 6.07) is 13.3. The third-order valence-corrected chi connectivity index (χ3v) is 5.20. The van der Waals surface area contributed by atoms with Crippen molar-refractivity contribution in [1.29, 1.82) is 0 Å². The molecular formula is C24H24N4O2. The Morgan fingerprint density at radius 2 is 1.93 bits per heavy atom. The lowest BCUT2D eigenvalue weighted by molar-refractivity contribution is -0.117. The number of carbonyl (C=O) groups is 2. The first-order chi connectivity index (χ1) is 14.5. The van der Waals surface area contributed by atoms with Gasteiger partial charge in [-0.3, -0.25) is 19.6 Å². The fourth-order valence-electron chi connectivity index (χ4n) is 3.49. The molecule has 0 saturated carbocycles. The number of nitrogens with zero attached hydrogens (tertiary/aromatic N) is 3. The van der Waals surface area contributed by atoms with Crippen molar-refractivity contribution in [2.75, 3.05) is 11.4 Å². The van der Waals surface area contributed by atoms with Crippen molar-refractivity contribution in [2.45, 2.75) is 33.2 Å². The molecule has 6 heteroatoms. The largest absolute Gasteiger partial charge is 0.348 e. The fraction of sp³-hybridized carbons (Fsp3) is 0.250. The molecule has 1 fully saturated rings. The summed E-state index contributed by atoms with van der Waals surface area (Å²) in [5, 5.41) is 2.95. The summed E-state index contributed by atoms with van der Waals surface area (Å²) in [7, 11) is 0. The molecule has 0 unspecified atom stereocenters. The summed E-state index contributed by atoms with van der Waals surface area (Å²) in [5.74, 6) is -0.112. The highest BCUT2D eigenvalue weighted by Crippen LogP contribution is 2.29. The molecule has 6 nitrogen and oxygen atoms in total. The molecule has 1 saturated heterocycles. The van der Waals surface area contributed by atoms with Crippen molar-refractivity contribution in [2.24, 2.45) is 0 Å². The van der Waals surface area contributed by atoms with Crippen LogP contribution in [0.4, 0.5) is 5.69 Å². The Morgan fingerprint density at radius 3 is 2.60 bits per heavy atom. The summed E-state index contributed by atoms with van der Waals surface area (Å²) in [6.45, 7) is 4.96. The molecule has 0 spiro atoms. The van der Waals surface area contributed by atoms with Crippen LogP contribution in [0.1, 0.15) is 40.0 Å². The molecule has 1 N–H and O–H groups in total. The summed E-state index contributed by atoms with van der Waals surface area (Å²) in [4.78, 5) is 35.7. The van der Waals surface area contributed by atoms with E-state index in [1.807, 2.05) is 50.2 Å². The third kappa shape index (κ3) is 4.38. The minimum atomic E-state index is -0.197. The molecule has 30 heavy (non-hydrogen) atoms. The first kappa shape index (κ1) is 19.8. The maximum atomic E-state index is 12.9. The smallest absolute Gasteiger partial charge is 0.251 e. The highest BCUT2D eigenvalue weighted by atomic mass is 16.2. The van der Waals surface area contributed by atoms with Gasteiger partial charge in [-0.1, -0.05) is 12.1 Å². The minimum Gasteiger partial charge on any atom is -0.348 e. The van der Waals surface area contributed by atoms with Crippen molar-refractivity contribution in [3.63, 3.8) is 0 Å². The fourth-order valence-corrected chi connectivity index (χ4v) is 3.49. The molecule has 3 heterocycles. The Morgan fingerprint density at radius 1 is 1.07 bits per heavy atom. The number of carbonyl (C=O) groups excluding carboxylic acids is 2. The predicted octanol–water partition coefficient (Wildman–Crippen LogP) is 3.82. The van der Waals surface area contributed by atoms with Crippen LogP contribution in [-0.2, 0) is 11.3 Å². The molecule has 3 aromatic rings. The molecule has 1 aliphatic rings. The van der Waals surface area contributed by atoms with Crippen molar-refractivity contribution < 1.29 is 9.59 Å². The maximum Gasteiger partial charge on any atom is 0.251 e. The highest BCUT2D eigenvalue weighted by molar-refractivity contribution is 6.00. The Bertz CT molecular complexity index is 1080. The zero-order chi connectivity index (χ0) is 21.1. The van der Waals surface area contributed by atoms with Gasteiger partial charge in [-0.05, 0) is 61.7 Å². The molecule has 0 aliphatic carbocycles. The van der Waals surface area contributed by atoms with Gasteiger partial charge in [0.25, 0.3) is 5.91 Å². The van der Waals surface area contributed by atoms with E-state index in [0.717, 1.165) is 40.2 Å². The molecule has 1 aliphatic heterocycles. The van der Waals surface area contributed by atoms with Crippen LogP contribution in [0.2, 0.25) is 0 Å². The van der Waals surface area contributed by atoms with Gasteiger partial charge in [0, 0.05) is 54.4 Å². The van der Waals surface area contributed by atoms with Crippen LogP contribution in [0.3, 0.4) is 0 Å². The molecular weight excluding hydrogens is 376 g/mol. The van der Waals surface area contributed by atoms with E-state index in [0.29, 0.717) is 25.1 Å². The summed E-state index contributed by atoms with van der Waals surface area (Å²) < 4.78 is 0. The predicted molar refractivity (Wildman–Crippen MR) is 116 cm³/mol. The minimum absolute atomic E-state index is 0.0844. The molecule has 4 rings (SSSR count). The molecule has 0 bridgehead atoms. The first-order valence-electron chi connectivity index (χ1n) is 10.1. The van der Waals surface area contributed by atoms with E-state index in [4.69, 9.17) is 0 Å². The van der Waals surface area contributed by atoms with E-state index in [1.165, 1.54) is 0 Å². The van der Waals surface area contributed by atoms with E-state index in [1.54, 1.807) is 23.4 Å². The van der Waals surface area contributed by atoms with Gasteiger partial charge in [-0.15, -0.1) is 0 Å². The van der Waals surface area contributed by atoms with Crippen molar-refractivity contribution in [3.05, 3.63) is 77.2 Å². The second kappa shape index (κ2) is 8.45. The van der Waals surface area contributed by atoms with Gasteiger partial charge in [0.1, 0.15) is 0 Å². The van der Waals surface area contributed by atoms with Crippen LogP contribution in [0.5, 0.6) is 0 Å². The lowest BCUT2D eigenvalue weighted by Crippen LogP contribution is -2.26. The number of pyridine rings is 2. The zero-order valence-electron chi connectivity index (χ0n) is 17.2. The van der Waals surface area contributed by atoms with Crippen LogP contribution in [0.15, 0.2) is 54.9 Å². The summed E-state index contributed by atoms with van der Waals surface area (Å²) >= 11 is 0. The number of hydrogen-bond acceptors (Lipinski definition) is 4. The number of hydrogen-bond donors (Lipinski definition) is 1. The van der Waals surface area contributed by atoms with Gasteiger partial charge in [-0.2, -0.15) is 0 Å². The zero-order valence-corrected chi connectivity index (χ0v) is 17.2. The maximum absolute atomic E-state index is 12.9. The van der Waals surface area contributed by atoms with Crippen LogP contribution in [0, 0.1) is 13.8 Å². The highest BCUT2D eigenvalue weighted by Gasteiger charge is 2.23. The van der Waals surface area contributed by atoms with Gasteiger partial charge in [0.2, 0.25) is 5.91 Å². The van der Waals surface area contributed by atoms with Crippen molar-refractivity contribution >= 4 is 17.5 Å². The van der Waals surface area contributed by atoms with E-state index in [2.05, 4.69) is 15.3 Å².